The highest BCUT2D eigenvalue weighted by Crippen LogP contribution is 2.38. The number of hydrogen-bond donors (Lipinski definition) is 2. The average molecular weight is 903 g/mol. The van der Waals surface area contributed by atoms with E-state index < -0.39 is 20.0 Å². The maximum Gasteiger partial charge on any atom is 0.268 e. The number of carbonyl (C=O) groups excluding carboxylic acids is 1. The maximum atomic E-state index is 12.9. The molecular weight excluding hydrogens is 804 g/mol. The zero-order chi connectivity index (χ0) is 46.4. The fraction of sp³-hybridized carbons (Fsp3) is 0.759. The molecule has 1 amide bonds. The summed E-state index contributed by atoms with van der Waals surface area (Å²) in [6, 6.07) is -0.805. The number of quaternary nitrogens is 1. The summed E-state index contributed by atoms with van der Waals surface area (Å²) in [5.74, 6) is -0.173. The van der Waals surface area contributed by atoms with Gasteiger partial charge in [0.25, 0.3) is 7.82 Å². The van der Waals surface area contributed by atoms with E-state index in [9.17, 15) is 19.4 Å². The molecule has 0 heterocycles. The van der Waals surface area contributed by atoms with Crippen LogP contribution in [0.1, 0.15) is 213 Å². The smallest absolute Gasteiger partial charge is 0.268 e. The van der Waals surface area contributed by atoms with Crippen LogP contribution in [0.25, 0.3) is 0 Å². The van der Waals surface area contributed by atoms with Crippen LogP contribution in [0.3, 0.4) is 0 Å². The third-order valence-corrected chi connectivity index (χ3v) is 12.2. The number of rotatable bonds is 46. The number of phosphoric ester groups is 1. The Hall–Kier alpha value is -2.06. The highest BCUT2D eigenvalue weighted by atomic mass is 31.2. The molecule has 0 radical (unpaired) electrons. The standard InChI is InChI=1S/C54H99N2O6P/c1-6-8-10-12-14-16-18-20-21-22-23-24-25-26-27-28-29-30-31-32-33-34-35-36-38-40-42-44-46-48-54(58)55-52(51-62-63(59,60)61-50-49-56(3,4)5)53(57)47-45-43-41-39-37-19-17-15-13-11-9-7-2/h8,10,14,16,20-21,23-24,26-27,29-30,52-53,57H,6-7,9,11-13,15,17-19,22,25,28,31-51H2,1-5H3,(H-,55,58,59,60)/b10-8-,16-14-,21-20-,24-23-,27-26-,30-29-. The van der Waals surface area contributed by atoms with Gasteiger partial charge in [0.1, 0.15) is 13.2 Å². The molecule has 366 valence electrons. The summed E-state index contributed by atoms with van der Waals surface area (Å²) in [5, 5.41) is 13.9. The molecule has 0 bridgehead atoms. The summed E-state index contributed by atoms with van der Waals surface area (Å²) in [4.78, 5) is 25.4. The lowest BCUT2D eigenvalue weighted by atomic mass is 10.0. The number of likely N-dealkylation sites (N-methyl/N-ethyl adjacent to an activating group) is 1. The van der Waals surface area contributed by atoms with E-state index in [0.29, 0.717) is 23.9 Å². The van der Waals surface area contributed by atoms with E-state index in [1.54, 1.807) is 0 Å². The van der Waals surface area contributed by atoms with Crippen molar-refractivity contribution in [1.29, 1.82) is 0 Å². The van der Waals surface area contributed by atoms with Gasteiger partial charge in [0, 0.05) is 6.42 Å². The van der Waals surface area contributed by atoms with Crippen molar-refractivity contribution >= 4 is 13.7 Å². The monoisotopic (exact) mass is 903 g/mol. The minimum Gasteiger partial charge on any atom is -0.756 e. The number of aliphatic hydroxyl groups excluding tert-OH is 1. The Morgan fingerprint density at radius 1 is 0.571 bits per heavy atom. The van der Waals surface area contributed by atoms with Crippen LogP contribution >= 0.6 is 7.82 Å². The molecule has 0 saturated carbocycles. The molecule has 0 saturated heterocycles. The van der Waals surface area contributed by atoms with Gasteiger partial charge in [-0.15, -0.1) is 0 Å². The van der Waals surface area contributed by atoms with Crippen molar-refractivity contribution in [3.05, 3.63) is 72.9 Å². The van der Waals surface area contributed by atoms with Crippen molar-refractivity contribution in [1.82, 2.24) is 5.32 Å². The van der Waals surface area contributed by atoms with Crippen LogP contribution in [0.4, 0.5) is 0 Å². The zero-order valence-electron chi connectivity index (χ0n) is 41.5. The normalized spacial score (nSPS) is 14.7. The van der Waals surface area contributed by atoms with Crippen LogP contribution < -0.4 is 10.2 Å². The number of nitrogens with one attached hydrogen (secondary N) is 1. The van der Waals surface area contributed by atoms with Gasteiger partial charge in [-0.3, -0.25) is 9.36 Å². The molecule has 0 aliphatic rings. The Bertz CT molecular complexity index is 1250. The zero-order valence-corrected chi connectivity index (χ0v) is 42.4. The molecule has 0 aromatic carbocycles. The van der Waals surface area contributed by atoms with E-state index in [2.05, 4.69) is 92.1 Å². The quantitative estimate of drug-likeness (QED) is 0.0273. The van der Waals surface area contributed by atoms with E-state index in [4.69, 9.17) is 9.05 Å². The molecule has 0 aliphatic heterocycles. The summed E-state index contributed by atoms with van der Waals surface area (Å²) in [7, 11) is 1.29. The Kier molecular flexibility index (Phi) is 43.6. The summed E-state index contributed by atoms with van der Waals surface area (Å²) in [6.45, 7) is 4.59. The van der Waals surface area contributed by atoms with Gasteiger partial charge in [0.05, 0.1) is 39.9 Å². The van der Waals surface area contributed by atoms with E-state index >= 15 is 0 Å². The fourth-order valence-electron chi connectivity index (χ4n) is 7.16. The van der Waals surface area contributed by atoms with Gasteiger partial charge >= 0.3 is 0 Å². The number of phosphoric acid groups is 1. The van der Waals surface area contributed by atoms with Gasteiger partial charge in [-0.2, -0.15) is 0 Å². The van der Waals surface area contributed by atoms with Crippen molar-refractivity contribution in [2.45, 2.75) is 225 Å². The van der Waals surface area contributed by atoms with E-state index in [1.165, 1.54) is 103 Å². The average Bonchev–Trinajstić information content (AvgIpc) is 3.24. The molecule has 0 aromatic heterocycles. The molecule has 0 fully saturated rings. The first-order chi connectivity index (χ1) is 30.5. The third-order valence-electron chi connectivity index (χ3n) is 11.2. The minimum atomic E-state index is -4.57. The molecule has 0 aliphatic carbocycles. The number of hydrogen-bond acceptors (Lipinski definition) is 6. The van der Waals surface area contributed by atoms with Crippen LogP contribution in [0.15, 0.2) is 72.9 Å². The van der Waals surface area contributed by atoms with Gasteiger partial charge in [-0.25, -0.2) is 0 Å². The molecule has 63 heavy (non-hydrogen) atoms. The fourth-order valence-corrected chi connectivity index (χ4v) is 7.88. The Balaban J connectivity index is 4.16. The number of unbranched alkanes of at least 4 members (excludes halogenated alkanes) is 21. The Labute approximate surface area is 389 Å². The highest BCUT2D eigenvalue weighted by Gasteiger charge is 2.24. The highest BCUT2D eigenvalue weighted by molar-refractivity contribution is 7.45. The van der Waals surface area contributed by atoms with Gasteiger partial charge < -0.3 is 28.8 Å². The molecule has 0 spiro atoms. The molecule has 3 unspecified atom stereocenters. The summed E-state index contributed by atoms with van der Waals surface area (Å²) < 4.78 is 23.3. The molecular formula is C54H99N2O6P. The lowest BCUT2D eigenvalue weighted by molar-refractivity contribution is -0.870. The summed E-state index contributed by atoms with van der Waals surface area (Å²) >= 11 is 0. The SMILES string of the molecule is CC/C=C\C/C=C\C/C=C\C/C=C\C/C=C\C/C=C\CCCCCCCCCCCCC(=O)NC(COP(=O)([O-])OCC[N+](C)(C)C)C(O)CCCCCCCCCCCCCC. The van der Waals surface area contributed by atoms with Crippen LogP contribution in [0.2, 0.25) is 0 Å². The van der Waals surface area contributed by atoms with Crippen molar-refractivity contribution in [3.63, 3.8) is 0 Å². The second-order valence-electron chi connectivity index (χ2n) is 18.5. The lowest BCUT2D eigenvalue weighted by Gasteiger charge is -2.30. The topological polar surface area (TPSA) is 108 Å². The molecule has 8 nitrogen and oxygen atoms in total. The maximum absolute atomic E-state index is 12.9. The van der Waals surface area contributed by atoms with Crippen LogP contribution in [-0.2, 0) is 18.4 Å². The predicted octanol–water partition coefficient (Wildman–Crippen LogP) is 14.5. The molecule has 2 N–H and O–H groups in total. The van der Waals surface area contributed by atoms with E-state index in [1.807, 2.05) is 21.1 Å². The van der Waals surface area contributed by atoms with Crippen LogP contribution in [-0.4, -0.2) is 68.5 Å². The van der Waals surface area contributed by atoms with Crippen LogP contribution in [0, 0.1) is 0 Å². The third kappa shape index (κ3) is 47.7. The Morgan fingerprint density at radius 2 is 0.968 bits per heavy atom. The molecule has 3 atom stereocenters. The molecule has 9 heteroatoms. The van der Waals surface area contributed by atoms with Crippen molar-refractivity contribution < 1.29 is 32.9 Å². The van der Waals surface area contributed by atoms with Crippen molar-refractivity contribution in [2.24, 2.45) is 0 Å². The number of nitrogens with zero attached hydrogens (tertiary/aromatic N) is 1. The van der Waals surface area contributed by atoms with Gasteiger partial charge in [0.2, 0.25) is 5.91 Å². The second kappa shape index (κ2) is 45.1. The van der Waals surface area contributed by atoms with E-state index in [0.717, 1.165) is 83.5 Å². The summed E-state index contributed by atoms with van der Waals surface area (Å²) in [6.07, 6.45) is 60.6. The second-order valence-corrected chi connectivity index (χ2v) is 19.9. The number of aliphatic hydroxyl groups is 1. The minimum absolute atomic E-state index is 0.00838. The first kappa shape index (κ1) is 60.9. The predicted molar refractivity (Wildman–Crippen MR) is 270 cm³/mol. The van der Waals surface area contributed by atoms with E-state index in [-0.39, 0.29) is 19.1 Å². The first-order valence-electron chi connectivity index (χ1n) is 25.8. The van der Waals surface area contributed by atoms with Gasteiger partial charge in [-0.05, 0) is 64.2 Å². The first-order valence-corrected chi connectivity index (χ1v) is 27.2. The van der Waals surface area contributed by atoms with Gasteiger partial charge in [-0.1, -0.05) is 215 Å². The lowest BCUT2D eigenvalue weighted by Crippen LogP contribution is -2.46. The number of carbonyl (C=O) groups is 1. The van der Waals surface area contributed by atoms with Gasteiger partial charge in [0.15, 0.2) is 0 Å². The summed E-state index contributed by atoms with van der Waals surface area (Å²) in [5.41, 5.74) is 0. The number of allylic oxidation sites excluding steroid dienone is 12. The van der Waals surface area contributed by atoms with Crippen LogP contribution in [0.5, 0.6) is 0 Å². The molecule has 0 aromatic rings. The Morgan fingerprint density at radius 3 is 1.41 bits per heavy atom. The largest absolute Gasteiger partial charge is 0.756 e. The number of amides is 1. The van der Waals surface area contributed by atoms with Crippen molar-refractivity contribution in [3.8, 4) is 0 Å². The van der Waals surface area contributed by atoms with Crippen molar-refractivity contribution in [2.75, 3.05) is 40.9 Å². The molecule has 0 rings (SSSR count).